The Kier molecular flexibility index (Phi) is 6.11. The fourth-order valence-electron chi connectivity index (χ4n) is 3.15. The highest BCUT2D eigenvalue weighted by atomic mass is 35.5. The Balaban J connectivity index is 1.57. The lowest BCUT2D eigenvalue weighted by Crippen LogP contribution is -2.16. The SMILES string of the molecule is CCCCOc1ccc(C(=O)Nc2c3c(nn2-c2cccc(Cl)c2)CSC3)cc1. The van der Waals surface area contributed by atoms with E-state index in [9.17, 15) is 4.79 Å². The van der Waals surface area contributed by atoms with Crippen molar-refractivity contribution in [3.05, 3.63) is 70.4 Å². The molecule has 1 aliphatic heterocycles. The molecule has 2 aromatic carbocycles. The third-order valence-electron chi connectivity index (χ3n) is 4.72. The monoisotopic (exact) mass is 427 g/mol. The van der Waals surface area contributed by atoms with Gasteiger partial charge in [-0.05, 0) is 48.9 Å². The standard InChI is InChI=1S/C22H22ClN3O2S/c1-2-3-11-28-18-9-7-15(8-10-18)22(27)24-21-19-13-29-14-20(19)25-26(21)17-6-4-5-16(23)12-17/h4-10,12H,2-3,11,13-14H2,1H3,(H,24,27). The Hall–Kier alpha value is -2.44. The molecule has 0 saturated carbocycles. The van der Waals surface area contributed by atoms with Crippen molar-refractivity contribution in [1.82, 2.24) is 9.78 Å². The number of ether oxygens (including phenoxy) is 1. The van der Waals surface area contributed by atoms with E-state index in [2.05, 4.69) is 12.2 Å². The Morgan fingerprint density at radius 2 is 2.07 bits per heavy atom. The molecule has 5 nitrogen and oxygen atoms in total. The van der Waals surface area contributed by atoms with Gasteiger partial charge in [0.2, 0.25) is 0 Å². The van der Waals surface area contributed by atoms with Gasteiger partial charge in [-0.25, -0.2) is 4.68 Å². The van der Waals surface area contributed by atoms with Gasteiger partial charge >= 0.3 is 0 Å². The van der Waals surface area contributed by atoms with Crippen molar-refractivity contribution in [2.45, 2.75) is 31.3 Å². The smallest absolute Gasteiger partial charge is 0.256 e. The molecule has 4 rings (SSSR count). The molecular formula is C22H22ClN3O2S. The minimum absolute atomic E-state index is 0.173. The lowest BCUT2D eigenvalue weighted by atomic mass is 10.2. The Morgan fingerprint density at radius 3 is 2.83 bits per heavy atom. The van der Waals surface area contributed by atoms with E-state index >= 15 is 0 Å². The third-order valence-corrected chi connectivity index (χ3v) is 5.93. The first kappa shape index (κ1) is 19.9. The Morgan fingerprint density at radius 1 is 1.24 bits per heavy atom. The number of nitrogens with zero attached hydrogens (tertiary/aromatic N) is 2. The summed E-state index contributed by atoms with van der Waals surface area (Å²) >= 11 is 7.95. The first-order chi connectivity index (χ1) is 14.2. The number of fused-ring (bicyclic) bond motifs is 1. The maximum absolute atomic E-state index is 12.9. The number of aromatic nitrogens is 2. The van der Waals surface area contributed by atoms with Gasteiger partial charge in [-0.2, -0.15) is 16.9 Å². The maximum Gasteiger partial charge on any atom is 0.256 e. The van der Waals surface area contributed by atoms with E-state index in [1.807, 2.05) is 36.4 Å². The first-order valence-corrected chi connectivity index (χ1v) is 11.2. The molecule has 7 heteroatoms. The minimum atomic E-state index is -0.173. The average Bonchev–Trinajstić information content (AvgIpc) is 3.31. The predicted octanol–water partition coefficient (Wildman–Crippen LogP) is 5.70. The van der Waals surface area contributed by atoms with Crippen LogP contribution in [-0.2, 0) is 11.5 Å². The molecule has 0 radical (unpaired) electrons. The van der Waals surface area contributed by atoms with Crippen molar-refractivity contribution in [2.24, 2.45) is 0 Å². The number of carbonyl (C=O) groups excluding carboxylic acids is 1. The van der Waals surface area contributed by atoms with E-state index in [1.54, 1.807) is 28.6 Å². The summed E-state index contributed by atoms with van der Waals surface area (Å²) in [4.78, 5) is 12.9. The fourth-order valence-corrected chi connectivity index (χ4v) is 4.37. The van der Waals surface area contributed by atoms with Crippen molar-refractivity contribution in [2.75, 3.05) is 11.9 Å². The van der Waals surface area contributed by atoms with Crippen LogP contribution < -0.4 is 10.1 Å². The minimum Gasteiger partial charge on any atom is -0.494 e. The number of thioether (sulfide) groups is 1. The highest BCUT2D eigenvalue weighted by Gasteiger charge is 2.25. The van der Waals surface area contributed by atoms with Gasteiger partial charge in [0.25, 0.3) is 5.91 Å². The number of carbonyl (C=O) groups is 1. The van der Waals surface area contributed by atoms with E-state index in [-0.39, 0.29) is 5.91 Å². The number of hydrogen-bond acceptors (Lipinski definition) is 4. The molecule has 3 aromatic rings. The molecule has 1 aromatic heterocycles. The van der Waals surface area contributed by atoms with Gasteiger partial charge < -0.3 is 10.1 Å². The van der Waals surface area contributed by atoms with Gasteiger partial charge in [0.05, 0.1) is 18.0 Å². The van der Waals surface area contributed by atoms with Crippen LogP contribution in [0.3, 0.4) is 0 Å². The average molecular weight is 428 g/mol. The molecule has 1 amide bonds. The number of rotatable bonds is 7. The summed E-state index contributed by atoms with van der Waals surface area (Å²) in [5.74, 6) is 2.98. The largest absolute Gasteiger partial charge is 0.494 e. The molecular weight excluding hydrogens is 406 g/mol. The molecule has 1 aliphatic rings. The number of anilines is 1. The van der Waals surface area contributed by atoms with E-state index in [4.69, 9.17) is 21.4 Å². The quantitative estimate of drug-likeness (QED) is 0.491. The predicted molar refractivity (Wildman–Crippen MR) is 118 cm³/mol. The van der Waals surface area contributed by atoms with Crippen LogP contribution in [-0.4, -0.2) is 22.3 Å². The molecule has 0 aliphatic carbocycles. The van der Waals surface area contributed by atoms with Crippen molar-refractivity contribution < 1.29 is 9.53 Å². The van der Waals surface area contributed by atoms with Crippen molar-refractivity contribution in [3.8, 4) is 11.4 Å². The van der Waals surface area contributed by atoms with Gasteiger partial charge in [0.1, 0.15) is 11.6 Å². The number of amides is 1. The molecule has 1 N–H and O–H groups in total. The summed E-state index contributed by atoms with van der Waals surface area (Å²) in [5, 5.41) is 8.40. The fraction of sp³-hybridized carbons (Fsp3) is 0.273. The summed E-state index contributed by atoms with van der Waals surface area (Å²) in [7, 11) is 0. The van der Waals surface area contributed by atoms with Crippen LogP contribution in [0, 0.1) is 0 Å². The van der Waals surface area contributed by atoms with Crippen LogP contribution in [0.2, 0.25) is 5.02 Å². The second kappa shape index (κ2) is 8.93. The summed E-state index contributed by atoms with van der Waals surface area (Å²) in [6, 6.07) is 14.7. The topological polar surface area (TPSA) is 56.1 Å². The molecule has 0 atom stereocenters. The second-order valence-electron chi connectivity index (χ2n) is 6.84. The molecule has 0 saturated heterocycles. The third kappa shape index (κ3) is 4.43. The van der Waals surface area contributed by atoms with E-state index in [1.165, 1.54) is 0 Å². The van der Waals surface area contributed by atoms with E-state index < -0.39 is 0 Å². The van der Waals surface area contributed by atoms with Gasteiger partial charge in [0, 0.05) is 27.7 Å². The van der Waals surface area contributed by atoms with Gasteiger partial charge in [-0.3, -0.25) is 4.79 Å². The molecule has 0 fully saturated rings. The van der Waals surface area contributed by atoms with Gasteiger partial charge in [-0.1, -0.05) is 31.0 Å². The van der Waals surface area contributed by atoms with Crippen LogP contribution in [0.25, 0.3) is 5.69 Å². The summed E-state index contributed by atoms with van der Waals surface area (Å²) in [6.45, 7) is 2.81. The lowest BCUT2D eigenvalue weighted by Gasteiger charge is -2.12. The van der Waals surface area contributed by atoms with E-state index in [0.29, 0.717) is 23.0 Å². The zero-order valence-electron chi connectivity index (χ0n) is 16.2. The lowest BCUT2D eigenvalue weighted by molar-refractivity contribution is 0.102. The number of unbranched alkanes of at least 4 members (excludes halogenated alkanes) is 1. The molecule has 29 heavy (non-hydrogen) atoms. The molecule has 2 heterocycles. The molecule has 0 unspecified atom stereocenters. The number of benzene rings is 2. The van der Waals surface area contributed by atoms with Crippen LogP contribution >= 0.6 is 23.4 Å². The van der Waals surface area contributed by atoms with E-state index in [0.717, 1.165) is 47.0 Å². The molecule has 150 valence electrons. The van der Waals surface area contributed by atoms with Gasteiger partial charge in [0.15, 0.2) is 0 Å². The Bertz CT molecular complexity index is 1020. The number of halogens is 1. The van der Waals surface area contributed by atoms with Crippen molar-refractivity contribution in [3.63, 3.8) is 0 Å². The number of nitrogens with one attached hydrogen (secondary N) is 1. The van der Waals surface area contributed by atoms with Crippen LogP contribution in [0.1, 0.15) is 41.4 Å². The molecule has 0 spiro atoms. The van der Waals surface area contributed by atoms with Crippen LogP contribution in [0.5, 0.6) is 5.75 Å². The number of hydrogen-bond donors (Lipinski definition) is 1. The normalized spacial score (nSPS) is 12.6. The Labute approximate surface area is 179 Å². The highest BCUT2D eigenvalue weighted by molar-refractivity contribution is 7.98. The van der Waals surface area contributed by atoms with Crippen molar-refractivity contribution >= 4 is 35.1 Å². The zero-order chi connectivity index (χ0) is 20.2. The maximum atomic E-state index is 12.9. The highest BCUT2D eigenvalue weighted by Crippen LogP contribution is 2.36. The zero-order valence-corrected chi connectivity index (χ0v) is 17.7. The first-order valence-electron chi connectivity index (χ1n) is 9.64. The molecule has 0 bridgehead atoms. The van der Waals surface area contributed by atoms with Crippen LogP contribution in [0.4, 0.5) is 5.82 Å². The summed E-state index contributed by atoms with van der Waals surface area (Å²) in [5.41, 5.74) is 3.48. The summed E-state index contributed by atoms with van der Waals surface area (Å²) < 4.78 is 7.45. The van der Waals surface area contributed by atoms with Crippen molar-refractivity contribution in [1.29, 1.82) is 0 Å². The summed E-state index contributed by atoms with van der Waals surface area (Å²) in [6.07, 6.45) is 2.10. The van der Waals surface area contributed by atoms with Crippen LogP contribution in [0.15, 0.2) is 48.5 Å². The van der Waals surface area contributed by atoms with Gasteiger partial charge in [-0.15, -0.1) is 0 Å². The second-order valence-corrected chi connectivity index (χ2v) is 8.26.